The molecule has 4 nitrogen and oxygen atoms in total. The van der Waals surface area contributed by atoms with Crippen LogP contribution in [-0.2, 0) is 25.5 Å². The maximum atomic E-state index is 12.2. The first-order valence-electron chi connectivity index (χ1n) is 7.39. The molecule has 2 rings (SSSR count). The van der Waals surface area contributed by atoms with Crippen LogP contribution in [0.5, 0.6) is 0 Å². The van der Waals surface area contributed by atoms with E-state index in [1.807, 2.05) is 18.2 Å². The van der Waals surface area contributed by atoms with E-state index in [9.17, 15) is 9.59 Å². The van der Waals surface area contributed by atoms with E-state index < -0.39 is 17.9 Å². The highest BCUT2D eigenvalue weighted by Crippen LogP contribution is 2.31. The molecule has 1 aromatic carbocycles. The third-order valence-corrected chi connectivity index (χ3v) is 4.04. The van der Waals surface area contributed by atoms with Crippen molar-refractivity contribution in [3.05, 3.63) is 39.4 Å². The molecule has 0 fully saturated rings. The smallest absolute Gasteiger partial charge is 0.324 e. The Hall–Kier alpha value is -1.62. The zero-order chi connectivity index (χ0) is 16.1. The zero-order valence-electron chi connectivity index (χ0n) is 12.7. The minimum absolute atomic E-state index is 0.242. The number of fused-ring (bicyclic) bond motifs is 1. The van der Waals surface area contributed by atoms with Gasteiger partial charge in [0.05, 0.1) is 13.2 Å². The molecule has 0 saturated heterocycles. The number of hydrogen-bond acceptors (Lipinski definition) is 4. The van der Waals surface area contributed by atoms with E-state index in [2.05, 4.69) is 22.0 Å². The lowest BCUT2D eigenvalue weighted by molar-refractivity contribution is -0.159. The van der Waals surface area contributed by atoms with Gasteiger partial charge in [0.15, 0.2) is 5.92 Å². The first-order valence-corrected chi connectivity index (χ1v) is 8.18. The lowest BCUT2D eigenvalue weighted by atomic mass is 9.85. The molecule has 0 aromatic heterocycles. The van der Waals surface area contributed by atoms with Crippen molar-refractivity contribution in [3.8, 4) is 0 Å². The van der Waals surface area contributed by atoms with Gasteiger partial charge in [-0.1, -0.05) is 28.1 Å². The zero-order valence-corrected chi connectivity index (χ0v) is 14.3. The summed E-state index contributed by atoms with van der Waals surface area (Å²) in [6.45, 7) is 3.93. The van der Waals surface area contributed by atoms with E-state index in [1.54, 1.807) is 13.8 Å². The Balaban J connectivity index is 2.33. The molecule has 0 amide bonds. The predicted octanol–water partition coefficient (Wildman–Crippen LogP) is 3.52. The summed E-state index contributed by atoms with van der Waals surface area (Å²) in [6, 6.07) is 5.99. The average Bonchev–Trinajstić information content (AvgIpc) is 2.48. The van der Waals surface area contributed by atoms with Gasteiger partial charge in [-0.3, -0.25) is 9.59 Å². The lowest BCUT2D eigenvalue weighted by Gasteiger charge is -2.22. The molecule has 0 bridgehead atoms. The molecule has 0 unspecified atom stereocenters. The predicted molar refractivity (Wildman–Crippen MR) is 87.2 cm³/mol. The normalized spacial score (nSPS) is 13.4. The van der Waals surface area contributed by atoms with Crippen LogP contribution >= 0.6 is 15.9 Å². The van der Waals surface area contributed by atoms with Crippen LogP contribution in [0.3, 0.4) is 0 Å². The van der Waals surface area contributed by atoms with Gasteiger partial charge in [0.25, 0.3) is 0 Å². The highest BCUT2D eigenvalue weighted by atomic mass is 79.9. The molecular weight excluding hydrogens is 348 g/mol. The summed E-state index contributed by atoms with van der Waals surface area (Å²) in [6.07, 6.45) is 3.34. The molecule has 0 atom stereocenters. The van der Waals surface area contributed by atoms with Gasteiger partial charge in [-0.05, 0) is 55.5 Å². The van der Waals surface area contributed by atoms with E-state index in [4.69, 9.17) is 9.47 Å². The SMILES string of the molecule is CCOC(=O)C(C(=O)OCC)C1=Cc2ccc(Br)cc2CC1. The molecule has 22 heavy (non-hydrogen) atoms. The highest BCUT2D eigenvalue weighted by molar-refractivity contribution is 9.10. The molecule has 5 heteroatoms. The van der Waals surface area contributed by atoms with Crippen LogP contribution in [0.15, 0.2) is 28.2 Å². The van der Waals surface area contributed by atoms with E-state index in [-0.39, 0.29) is 13.2 Å². The summed E-state index contributed by atoms with van der Waals surface area (Å²) >= 11 is 3.45. The summed E-state index contributed by atoms with van der Waals surface area (Å²) in [4.78, 5) is 24.3. The first-order chi connectivity index (χ1) is 10.6. The van der Waals surface area contributed by atoms with Gasteiger partial charge >= 0.3 is 11.9 Å². The Morgan fingerprint density at radius 1 is 1.14 bits per heavy atom. The van der Waals surface area contributed by atoms with Gasteiger partial charge < -0.3 is 9.47 Å². The topological polar surface area (TPSA) is 52.6 Å². The molecule has 1 aliphatic rings. The van der Waals surface area contributed by atoms with Crippen molar-refractivity contribution in [2.24, 2.45) is 5.92 Å². The number of esters is 2. The van der Waals surface area contributed by atoms with Crippen molar-refractivity contribution in [1.29, 1.82) is 0 Å². The van der Waals surface area contributed by atoms with E-state index in [1.165, 1.54) is 5.56 Å². The van der Waals surface area contributed by atoms with Crippen LogP contribution in [0.2, 0.25) is 0 Å². The number of carbonyl (C=O) groups excluding carboxylic acids is 2. The van der Waals surface area contributed by atoms with Gasteiger partial charge in [-0.2, -0.15) is 0 Å². The van der Waals surface area contributed by atoms with Crippen molar-refractivity contribution >= 4 is 33.9 Å². The monoisotopic (exact) mass is 366 g/mol. The summed E-state index contributed by atoms with van der Waals surface area (Å²) in [5, 5.41) is 0. The molecule has 1 aliphatic carbocycles. The van der Waals surface area contributed by atoms with Crippen molar-refractivity contribution in [2.45, 2.75) is 26.7 Å². The molecule has 0 radical (unpaired) electrons. The van der Waals surface area contributed by atoms with Crippen LogP contribution in [0.1, 0.15) is 31.4 Å². The van der Waals surface area contributed by atoms with Crippen molar-refractivity contribution in [3.63, 3.8) is 0 Å². The third-order valence-electron chi connectivity index (χ3n) is 3.54. The largest absolute Gasteiger partial charge is 0.465 e. The minimum atomic E-state index is -0.961. The maximum Gasteiger partial charge on any atom is 0.324 e. The van der Waals surface area contributed by atoms with E-state index in [0.29, 0.717) is 6.42 Å². The standard InChI is InChI=1S/C17H19BrO4/c1-3-21-16(19)15(17(20)22-4-2)13-6-5-12-10-14(18)8-7-11(12)9-13/h7-10,15H,3-6H2,1-2H3. The number of aryl methyl sites for hydroxylation is 1. The fraction of sp³-hybridized carbons (Fsp3) is 0.412. The molecule has 1 aromatic rings. The van der Waals surface area contributed by atoms with Crippen LogP contribution in [0.4, 0.5) is 0 Å². The van der Waals surface area contributed by atoms with Crippen molar-refractivity contribution in [1.82, 2.24) is 0 Å². The third kappa shape index (κ3) is 3.77. The van der Waals surface area contributed by atoms with Gasteiger partial charge in [0.1, 0.15) is 0 Å². The fourth-order valence-corrected chi connectivity index (χ4v) is 2.97. The van der Waals surface area contributed by atoms with Crippen molar-refractivity contribution < 1.29 is 19.1 Å². The molecular formula is C17H19BrO4. The summed E-state index contributed by atoms with van der Waals surface area (Å²) in [5.41, 5.74) is 2.99. The Labute approximate surface area is 138 Å². The van der Waals surface area contributed by atoms with Crippen LogP contribution in [0.25, 0.3) is 6.08 Å². The number of halogens is 1. The Morgan fingerprint density at radius 2 is 1.77 bits per heavy atom. The summed E-state index contributed by atoms with van der Waals surface area (Å²) in [7, 11) is 0. The van der Waals surface area contributed by atoms with E-state index in [0.717, 1.165) is 22.0 Å². The maximum absolute atomic E-state index is 12.2. The molecule has 0 N–H and O–H groups in total. The second kappa shape index (κ2) is 7.58. The first kappa shape index (κ1) is 16.7. The molecule has 0 heterocycles. The lowest BCUT2D eigenvalue weighted by Crippen LogP contribution is -2.30. The number of carbonyl (C=O) groups is 2. The quantitative estimate of drug-likeness (QED) is 0.590. The summed E-state index contributed by atoms with van der Waals surface area (Å²) in [5.74, 6) is -2.03. The van der Waals surface area contributed by atoms with Crippen LogP contribution < -0.4 is 0 Å². The molecule has 0 saturated carbocycles. The van der Waals surface area contributed by atoms with Crippen LogP contribution in [-0.4, -0.2) is 25.2 Å². The number of rotatable bonds is 5. The van der Waals surface area contributed by atoms with Gasteiger partial charge in [-0.25, -0.2) is 0 Å². The summed E-state index contributed by atoms with van der Waals surface area (Å²) < 4.78 is 11.1. The fourth-order valence-electron chi connectivity index (χ4n) is 2.56. The highest BCUT2D eigenvalue weighted by Gasteiger charge is 2.34. The van der Waals surface area contributed by atoms with Gasteiger partial charge in [-0.15, -0.1) is 0 Å². The molecule has 0 spiro atoms. The Kier molecular flexibility index (Phi) is 5.77. The molecule has 0 aliphatic heterocycles. The Morgan fingerprint density at radius 3 is 2.36 bits per heavy atom. The molecule has 118 valence electrons. The average molecular weight is 367 g/mol. The second-order valence-electron chi connectivity index (χ2n) is 5.00. The van der Waals surface area contributed by atoms with Crippen molar-refractivity contribution in [2.75, 3.05) is 13.2 Å². The number of ether oxygens (including phenoxy) is 2. The second-order valence-corrected chi connectivity index (χ2v) is 5.92. The Bertz CT molecular complexity index is 589. The number of hydrogen-bond donors (Lipinski definition) is 0. The number of benzene rings is 1. The van der Waals surface area contributed by atoms with Gasteiger partial charge in [0.2, 0.25) is 0 Å². The van der Waals surface area contributed by atoms with E-state index >= 15 is 0 Å². The minimum Gasteiger partial charge on any atom is -0.465 e. The van der Waals surface area contributed by atoms with Gasteiger partial charge in [0, 0.05) is 4.47 Å². The van der Waals surface area contributed by atoms with Crippen LogP contribution in [0, 0.1) is 5.92 Å².